The monoisotopic (exact) mass is 351 g/mol. The van der Waals surface area contributed by atoms with E-state index in [1.54, 1.807) is 25.3 Å². The Bertz CT molecular complexity index is 905. The van der Waals surface area contributed by atoms with E-state index in [9.17, 15) is 17.6 Å². The van der Waals surface area contributed by atoms with Gasteiger partial charge in [-0.1, -0.05) is 6.08 Å². The minimum atomic E-state index is -4.94. The van der Waals surface area contributed by atoms with E-state index in [1.807, 2.05) is 0 Å². The van der Waals surface area contributed by atoms with Gasteiger partial charge in [-0.25, -0.2) is 14.4 Å². The van der Waals surface area contributed by atoms with Crippen LogP contribution < -0.4 is 0 Å². The van der Waals surface area contributed by atoms with Crippen molar-refractivity contribution in [1.29, 1.82) is 0 Å². The highest BCUT2D eigenvalue weighted by atomic mass is 19.4. The molecule has 1 aliphatic heterocycles. The van der Waals surface area contributed by atoms with E-state index >= 15 is 0 Å². The van der Waals surface area contributed by atoms with Crippen LogP contribution in [0.2, 0.25) is 0 Å². The number of nitrogens with zero attached hydrogens (tertiary/aromatic N) is 4. The summed E-state index contributed by atoms with van der Waals surface area (Å²) in [7, 11) is 0. The minimum absolute atomic E-state index is 0.00190. The third-order valence-corrected chi connectivity index (χ3v) is 3.67. The van der Waals surface area contributed by atoms with Gasteiger partial charge < -0.3 is 4.98 Å². The van der Waals surface area contributed by atoms with Crippen LogP contribution in [0.15, 0.2) is 46.4 Å². The lowest BCUT2D eigenvalue weighted by Gasteiger charge is -2.20. The van der Waals surface area contributed by atoms with E-state index in [0.717, 1.165) is 22.9 Å². The largest absolute Gasteiger partial charge is 0.424 e. The van der Waals surface area contributed by atoms with E-state index < -0.39 is 17.9 Å². The number of aromatic amines is 1. The molecule has 0 aromatic carbocycles. The zero-order valence-corrected chi connectivity index (χ0v) is 13.0. The maximum atomic E-state index is 13.3. The Balaban J connectivity index is 1.71. The molecule has 25 heavy (non-hydrogen) atoms. The lowest BCUT2D eigenvalue weighted by Crippen LogP contribution is -2.33. The van der Waals surface area contributed by atoms with Crippen molar-refractivity contribution < 1.29 is 17.6 Å². The van der Waals surface area contributed by atoms with Gasteiger partial charge in [0.15, 0.2) is 5.65 Å². The van der Waals surface area contributed by atoms with E-state index in [0.29, 0.717) is 5.65 Å². The normalized spacial score (nSPS) is 16.8. The summed E-state index contributed by atoms with van der Waals surface area (Å²) in [5.74, 6) is 0. The molecule has 2 aromatic heterocycles. The number of aromatic nitrogens is 3. The summed E-state index contributed by atoms with van der Waals surface area (Å²) in [4.78, 5) is 18.9. The van der Waals surface area contributed by atoms with Crippen LogP contribution in [0.25, 0.3) is 16.7 Å². The number of aliphatic imine (C=N–C) groups is 2. The first-order valence-corrected chi connectivity index (χ1v) is 7.34. The van der Waals surface area contributed by atoms with Crippen molar-refractivity contribution >= 4 is 28.7 Å². The van der Waals surface area contributed by atoms with Crippen LogP contribution in [0.3, 0.4) is 0 Å². The Morgan fingerprint density at radius 2 is 2.16 bits per heavy atom. The topological polar surface area (TPSA) is 66.3 Å². The van der Waals surface area contributed by atoms with E-state index in [2.05, 4.69) is 24.9 Å². The van der Waals surface area contributed by atoms with Gasteiger partial charge in [-0.05, 0) is 18.6 Å². The first kappa shape index (κ1) is 17.0. The fourth-order valence-electron chi connectivity index (χ4n) is 2.37. The van der Waals surface area contributed by atoms with Gasteiger partial charge in [0.05, 0.1) is 24.1 Å². The second-order valence-electron chi connectivity index (χ2n) is 5.24. The first-order chi connectivity index (χ1) is 11.9. The van der Waals surface area contributed by atoms with Crippen molar-refractivity contribution in [2.45, 2.75) is 19.3 Å². The molecule has 2 aromatic rings. The molecule has 0 bridgehead atoms. The molecule has 0 saturated heterocycles. The number of nitrogens with one attached hydrogen (secondary N) is 1. The minimum Gasteiger partial charge on any atom is -0.343 e. The summed E-state index contributed by atoms with van der Waals surface area (Å²) in [6.07, 6.45) is -0.652. The second kappa shape index (κ2) is 6.58. The third-order valence-electron chi connectivity index (χ3n) is 3.67. The maximum absolute atomic E-state index is 13.3. The maximum Gasteiger partial charge on any atom is 0.424 e. The zero-order valence-electron chi connectivity index (χ0n) is 13.0. The first-order valence-electron chi connectivity index (χ1n) is 7.34. The van der Waals surface area contributed by atoms with Crippen LogP contribution in [-0.2, 0) is 0 Å². The van der Waals surface area contributed by atoms with Crippen molar-refractivity contribution in [2.75, 3.05) is 6.54 Å². The molecule has 1 aliphatic rings. The molecule has 0 fully saturated rings. The highest BCUT2D eigenvalue weighted by Gasteiger charge is 2.45. The SMILES string of the molecule is C/C=C(\C=NCC1=NC=C1C(F)C(F)(F)F)c1ccnc2nc[nH]c12. The van der Waals surface area contributed by atoms with Crippen LogP contribution in [0.4, 0.5) is 17.6 Å². The molecule has 1 unspecified atom stereocenters. The molecule has 3 rings (SSSR count). The van der Waals surface area contributed by atoms with Gasteiger partial charge in [0, 0.05) is 29.7 Å². The lowest BCUT2D eigenvalue weighted by atomic mass is 10.0. The van der Waals surface area contributed by atoms with Crippen LogP contribution in [0, 0.1) is 0 Å². The standard InChI is InChI=1S/C16H13F4N5/c1-2-9(10-3-4-22-15-13(10)24-8-25-15)5-21-7-12-11(6-23-12)14(17)16(18,19)20/h2-6,8,14H,7H2,1H3,(H,22,24,25)/b9-2+,21-5?. The average molecular weight is 351 g/mol. The predicted molar refractivity (Wildman–Crippen MR) is 87.4 cm³/mol. The van der Waals surface area contributed by atoms with Crippen molar-refractivity contribution in [3.63, 3.8) is 0 Å². The molecule has 3 heterocycles. The number of hydrogen-bond acceptors (Lipinski definition) is 4. The highest BCUT2D eigenvalue weighted by Crippen LogP contribution is 2.31. The van der Waals surface area contributed by atoms with E-state index in [-0.39, 0.29) is 12.3 Å². The third kappa shape index (κ3) is 3.35. The molecule has 0 aliphatic carbocycles. The van der Waals surface area contributed by atoms with Crippen LogP contribution >= 0.6 is 0 Å². The van der Waals surface area contributed by atoms with Crippen LogP contribution in [-0.4, -0.2) is 45.8 Å². The molecule has 1 N–H and O–H groups in total. The molecule has 0 amide bonds. The Morgan fingerprint density at radius 1 is 1.36 bits per heavy atom. The van der Waals surface area contributed by atoms with Gasteiger partial charge in [-0.15, -0.1) is 0 Å². The summed E-state index contributed by atoms with van der Waals surface area (Å²) >= 11 is 0. The lowest BCUT2D eigenvalue weighted by molar-refractivity contribution is -0.168. The second-order valence-corrected chi connectivity index (χ2v) is 5.24. The number of alkyl halides is 4. The van der Waals surface area contributed by atoms with Crippen molar-refractivity contribution in [3.05, 3.63) is 42.0 Å². The zero-order chi connectivity index (χ0) is 18.0. The molecule has 130 valence electrons. The average Bonchev–Trinajstić information content (AvgIpc) is 3.02. The van der Waals surface area contributed by atoms with Gasteiger partial charge >= 0.3 is 6.18 Å². The number of pyridine rings is 1. The Labute approximate surface area is 139 Å². The van der Waals surface area contributed by atoms with Crippen molar-refractivity contribution in [3.8, 4) is 0 Å². The summed E-state index contributed by atoms with van der Waals surface area (Å²) in [5, 5.41) is 0. The van der Waals surface area contributed by atoms with Gasteiger partial charge in [0.2, 0.25) is 6.17 Å². The van der Waals surface area contributed by atoms with Crippen LogP contribution in [0.1, 0.15) is 12.5 Å². The predicted octanol–water partition coefficient (Wildman–Crippen LogP) is 3.67. The number of imidazole rings is 1. The summed E-state index contributed by atoms with van der Waals surface area (Å²) in [6, 6.07) is 1.77. The van der Waals surface area contributed by atoms with Gasteiger partial charge in [0.25, 0.3) is 0 Å². The highest BCUT2D eigenvalue weighted by molar-refractivity contribution is 6.14. The number of allylic oxidation sites excluding steroid dienone is 2. The molecule has 0 radical (unpaired) electrons. The Morgan fingerprint density at radius 3 is 2.80 bits per heavy atom. The smallest absolute Gasteiger partial charge is 0.343 e. The van der Waals surface area contributed by atoms with Crippen LogP contribution in [0.5, 0.6) is 0 Å². The van der Waals surface area contributed by atoms with Crippen molar-refractivity contribution in [1.82, 2.24) is 15.0 Å². The van der Waals surface area contributed by atoms with E-state index in [1.165, 1.54) is 12.5 Å². The number of hydrogen-bond donors (Lipinski definition) is 1. The summed E-state index contributed by atoms with van der Waals surface area (Å²) in [5.41, 5.74) is 2.34. The van der Waals surface area contributed by atoms with Crippen molar-refractivity contribution in [2.24, 2.45) is 9.98 Å². The fourth-order valence-corrected chi connectivity index (χ4v) is 2.37. The molecule has 0 spiro atoms. The Kier molecular flexibility index (Phi) is 4.47. The van der Waals surface area contributed by atoms with Gasteiger partial charge in [0.1, 0.15) is 0 Å². The summed E-state index contributed by atoms with van der Waals surface area (Å²) in [6.45, 7) is 1.67. The molecule has 1 atom stereocenters. The molecular weight excluding hydrogens is 338 g/mol. The fraction of sp³-hybridized carbons (Fsp3) is 0.250. The number of H-pyrrole nitrogens is 1. The molecular formula is C16H13F4N5. The van der Waals surface area contributed by atoms with Gasteiger partial charge in [-0.2, -0.15) is 13.2 Å². The quantitative estimate of drug-likeness (QED) is 0.660. The molecule has 5 nitrogen and oxygen atoms in total. The number of rotatable bonds is 5. The number of fused-ring (bicyclic) bond motifs is 1. The van der Waals surface area contributed by atoms with E-state index in [4.69, 9.17) is 0 Å². The summed E-state index contributed by atoms with van der Waals surface area (Å²) < 4.78 is 50.5. The molecule has 0 saturated carbocycles. The Hall–Kier alpha value is -2.84. The number of halogens is 4. The van der Waals surface area contributed by atoms with Gasteiger partial charge in [-0.3, -0.25) is 9.98 Å². The molecule has 9 heteroatoms.